The van der Waals surface area contributed by atoms with Crippen LogP contribution in [-0.4, -0.2) is 37.8 Å². The number of likely N-dealkylation sites (N-methyl/N-ethyl adjacent to an activating group) is 1. The molecular formula is C15H25N3O. The monoisotopic (exact) mass is 263 g/mol. The van der Waals surface area contributed by atoms with Crippen molar-refractivity contribution >= 4 is 5.82 Å². The molecule has 0 aliphatic heterocycles. The third-order valence-electron chi connectivity index (χ3n) is 3.51. The van der Waals surface area contributed by atoms with Crippen molar-refractivity contribution in [1.29, 1.82) is 0 Å². The fraction of sp³-hybridized carbons (Fsp3) is 0.667. The zero-order valence-corrected chi connectivity index (χ0v) is 12.3. The third-order valence-corrected chi connectivity index (χ3v) is 3.51. The van der Waals surface area contributed by atoms with Crippen LogP contribution in [0.1, 0.15) is 31.0 Å². The number of anilines is 1. The molecule has 4 nitrogen and oxygen atoms in total. The van der Waals surface area contributed by atoms with E-state index in [1.165, 1.54) is 18.4 Å². The molecule has 0 spiro atoms. The maximum atomic E-state index is 5.37. The van der Waals surface area contributed by atoms with Gasteiger partial charge in [-0.1, -0.05) is 6.07 Å². The van der Waals surface area contributed by atoms with Gasteiger partial charge in [0.25, 0.3) is 0 Å². The molecule has 0 aromatic carbocycles. The minimum Gasteiger partial charge on any atom is -0.380 e. The summed E-state index contributed by atoms with van der Waals surface area (Å²) in [5, 5.41) is 3.53. The summed E-state index contributed by atoms with van der Waals surface area (Å²) < 4.78 is 5.37. The predicted molar refractivity (Wildman–Crippen MR) is 78.6 cm³/mol. The van der Waals surface area contributed by atoms with Crippen molar-refractivity contribution in [3.05, 3.63) is 23.4 Å². The first-order valence-electron chi connectivity index (χ1n) is 7.19. The molecule has 1 aliphatic carbocycles. The first-order valence-corrected chi connectivity index (χ1v) is 7.19. The molecule has 0 unspecified atom stereocenters. The highest BCUT2D eigenvalue weighted by Crippen LogP contribution is 2.20. The Balaban J connectivity index is 1.88. The minimum atomic E-state index is 0.743. The number of rotatable bonds is 8. The van der Waals surface area contributed by atoms with Crippen molar-refractivity contribution in [1.82, 2.24) is 10.3 Å². The fourth-order valence-electron chi connectivity index (χ4n) is 1.98. The van der Waals surface area contributed by atoms with Crippen molar-refractivity contribution in [3.63, 3.8) is 0 Å². The zero-order chi connectivity index (χ0) is 13.7. The molecule has 0 radical (unpaired) electrons. The standard InChI is InChI=1S/C15H25N3O/c1-4-19-10-9-18(3)15-8-5-13(12(2)17-15)11-16-14-6-7-14/h5,8,14,16H,4,6-7,9-11H2,1-3H3. The second kappa shape index (κ2) is 6.87. The lowest BCUT2D eigenvalue weighted by Crippen LogP contribution is -2.24. The third kappa shape index (κ3) is 4.48. The molecule has 0 amide bonds. The molecule has 1 saturated carbocycles. The summed E-state index contributed by atoms with van der Waals surface area (Å²) in [6.45, 7) is 7.44. The molecule has 1 heterocycles. The Labute approximate surface area is 116 Å². The lowest BCUT2D eigenvalue weighted by molar-refractivity contribution is 0.154. The highest BCUT2D eigenvalue weighted by atomic mass is 16.5. The molecule has 106 valence electrons. The minimum absolute atomic E-state index is 0.743. The van der Waals surface area contributed by atoms with E-state index in [0.717, 1.165) is 43.9 Å². The smallest absolute Gasteiger partial charge is 0.128 e. The molecule has 0 bridgehead atoms. The van der Waals surface area contributed by atoms with E-state index in [0.29, 0.717) is 0 Å². The van der Waals surface area contributed by atoms with Crippen LogP contribution in [-0.2, 0) is 11.3 Å². The maximum Gasteiger partial charge on any atom is 0.128 e. The molecule has 0 atom stereocenters. The average Bonchev–Trinajstić information content (AvgIpc) is 3.21. The summed E-state index contributed by atoms with van der Waals surface area (Å²) in [7, 11) is 2.06. The zero-order valence-electron chi connectivity index (χ0n) is 12.3. The van der Waals surface area contributed by atoms with Crippen LogP contribution in [0.2, 0.25) is 0 Å². The van der Waals surface area contributed by atoms with Gasteiger partial charge in [-0.2, -0.15) is 0 Å². The van der Waals surface area contributed by atoms with Crippen LogP contribution in [0.3, 0.4) is 0 Å². The van der Waals surface area contributed by atoms with E-state index in [1.54, 1.807) is 0 Å². The van der Waals surface area contributed by atoms with Gasteiger partial charge in [-0.15, -0.1) is 0 Å². The first kappa shape index (κ1) is 14.3. The molecule has 1 aromatic heterocycles. The molecular weight excluding hydrogens is 238 g/mol. The number of pyridine rings is 1. The largest absolute Gasteiger partial charge is 0.380 e. The van der Waals surface area contributed by atoms with Gasteiger partial charge in [0, 0.05) is 38.5 Å². The SMILES string of the molecule is CCOCCN(C)c1ccc(CNC2CC2)c(C)n1. The molecule has 2 rings (SSSR count). The summed E-state index contributed by atoms with van der Waals surface area (Å²) in [5.41, 5.74) is 2.42. The van der Waals surface area contributed by atoms with Crippen LogP contribution in [0.25, 0.3) is 0 Å². The van der Waals surface area contributed by atoms with Crippen LogP contribution in [0.5, 0.6) is 0 Å². The predicted octanol–water partition coefficient (Wildman–Crippen LogP) is 2.11. The second-order valence-corrected chi connectivity index (χ2v) is 5.19. The van der Waals surface area contributed by atoms with Crippen LogP contribution in [0.15, 0.2) is 12.1 Å². The summed E-state index contributed by atoms with van der Waals surface area (Å²) in [5.74, 6) is 1.02. The Hall–Kier alpha value is -1.13. The molecule has 4 heteroatoms. The maximum absolute atomic E-state index is 5.37. The van der Waals surface area contributed by atoms with E-state index in [4.69, 9.17) is 4.74 Å². The molecule has 1 N–H and O–H groups in total. The van der Waals surface area contributed by atoms with Crippen LogP contribution in [0.4, 0.5) is 5.82 Å². The fourth-order valence-corrected chi connectivity index (χ4v) is 1.98. The van der Waals surface area contributed by atoms with E-state index in [-0.39, 0.29) is 0 Å². The number of nitrogens with zero attached hydrogens (tertiary/aromatic N) is 2. The van der Waals surface area contributed by atoms with E-state index >= 15 is 0 Å². The first-order chi connectivity index (χ1) is 9.20. The van der Waals surface area contributed by atoms with Crippen LogP contribution in [0, 0.1) is 6.92 Å². The average molecular weight is 263 g/mol. The number of ether oxygens (including phenoxy) is 1. The number of hydrogen-bond acceptors (Lipinski definition) is 4. The Morgan fingerprint density at radius 3 is 2.84 bits per heavy atom. The number of hydrogen-bond donors (Lipinski definition) is 1. The second-order valence-electron chi connectivity index (χ2n) is 5.19. The van der Waals surface area contributed by atoms with Gasteiger partial charge in [0.1, 0.15) is 5.82 Å². The Morgan fingerprint density at radius 1 is 1.42 bits per heavy atom. The highest BCUT2D eigenvalue weighted by Gasteiger charge is 2.20. The lowest BCUT2D eigenvalue weighted by atomic mass is 10.2. The molecule has 1 aromatic rings. The lowest BCUT2D eigenvalue weighted by Gasteiger charge is -2.19. The summed E-state index contributed by atoms with van der Waals surface area (Å²) in [4.78, 5) is 6.82. The van der Waals surface area contributed by atoms with Gasteiger partial charge in [0.15, 0.2) is 0 Å². The van der Waals surface area contributed by atoms with Gasteiger partial charge in [-0.25, -0.2) is 4.98 Å². The van der Waals surface area contributed by atoms with Crippen molar-refractivity contribution in [2.75, 3.05) is 31.7 Å². The number of nitrogens with one attached hydrogen (secondary N) is 1. The number of aryl methyl sites for hydroxylation is 1. The van der Waals surface area contributed by atoms with Crippen LogP contribution < -0.4 is 10.2 Å². The van der Waals surface area contributed by atoms with E-state index in [2.05, 4.69) is 41.3 Å². The van der Waals surface area contributed by atoms with Gasteiger partial charge < -0.3 is 15.0 Å². The van der Waals surface area contributed by atoms with Gasteiger partial charge in [-0.05, 0) is 38.3 Å². The van der Waals surface area contributed by atoms with Gasteiger partial charge >= 0.3 is 0 Å². The van der Waals surface area contributed by atoms with Crippen molar-refractivity contribution in [3.8, 4) is 0 Å². The summed E-state index contributed by atoms with van der Waals surface area (Å²) in [6, 6.07) is 5.03. The Morgan fingerprint density at radius 2 is 2.21 bits per heavy atom. The van der Waals surface area contributed by atoms with Gasteiger partial charge in [0.05, 0.1) is 6.61 Å². The quantitative estimate of drug-likeness (QED) is 0.729. The Kier molecular flexibility index (Phi) is 5.16. The molecule has 0 saturated heterocycles. The van der Waals surface area contributed by atoms with Crippen molar-refractivity contribution in [2.24, 2.45) is 0 Å². The normalized spacial score (nSPS) is 14.7. The number of aromatic nitrogens is 1. The van der Waals surface area contributed by atoms with E-state index < -0.39 is 0 Å². The van der Waals surface area contributed by atoms with Crippen molar-refractivity contribution in [2.45, 2.75) is 39.3 Å². The molecule has 1 aliphatic rings. The van der Waals surface area contributed by atoms with Crippen LogP contribution >= 0.6 is 0 Å². The topological polar surface area (TPSA) is 37.4 Å². The summed E-state index contributed by atoms with van der Waals surface area (Å²) >= 11 is 0. The molecule has 1 fully saturated rings. The molecule has 19 heavy (non-hydrogen) atoms. The highest BCUT2D eigenvalue weighted by molar-refractivity contribution is 5.40. The Bertz CT molecular complexity index is 404. The summed E-state index contributed by atoms with van der Waals surface area (Å²) in [6.07, 6.45) is 2.65. The van der Waals surface area contributed by atoms with E-state index in [1.807, 2.05) is 6.92 Å². The van der Waals surface area contributed by atoms with E-state index in [9.17, 15) is 0 Å². The van der Waals surface area contributed by atoms with Gasteiger partial charge in [0.2, 0.25) is 0 Å². The van der Waals surface area contributed by atoms with Crippen molar-refractivity contribution < 1.29 is 4.74 Å². The van der Waals surface area contributed by atoms with Gasteiger partial charge in [-0.3, -0.25) is 0 Å².